The first-order valence-corrected chi connectivity index (χ1v) is 6.88. The number of nitrogens with zero attached hydrogens (tertiary/aromatic N) is 3. The summed E-state index contributed by atoms with van der Waals surface area (Å²) >= 11 is 1.76. The molecule has 0 aliphatic heterocycles. The third kappa shape index (κ3) is 3.53. The van der Waals surface area contributed by atoms with Crippen molar-refractivity contribution >= 4 is 17.0 Å². The van der Waals surface area contributed by atoms with Crippen molar-refractivity contribution in [2.75, 3.05) is 26.0 Å². The average molecular weight is 272 g/mol. The van der Waals surface area contributed by atoms with Gasteiger partial charge in [0.2, 0.25) is 0 Å². The Kier molecular flexibility index (Phi) is 4.50. The normalized spacial score (nSPS) is 12.1. The van der Waals surface area contributed by atoms with Gasteiger partial charge in [0, 0.05) is 11.4 Å². The Morgan fingerprint density at radius 3 is 2.79 bits per heavy atom. The molecule has 0 radical (unpaired) electrons. The zero-order valence-electron chi connectivity index (χ0n) is 11.0. The molecule has 0 saturated carbocycles. The van der Waals surface area contributed by atoms with Gasteiger partial charge >= 0.3 is 0 Å². The number of nitriles is 1. The van der Waals surface area contributed by atoms with Crippen LogP contribution in [-0.4, -0.2) is 30.5 Å². The van der Waals surface area contributed by atoms with Crippen LogP contribution in [-0.2, 0) is 0 Å². The maximum Gasteiger partial charge on any atom is 0.140 e. The van der Waals surface area contributed by atoms with E-state index in [0.717, 1.165) is 12.2 Å². The molecule has 2 heterocycles. The van der Waals surface area contributed by atoms with Gasteiger partial charge < -0.3 is 10.2 Å². The number of hydrogen-bond donors (Lipinski definition) is 1. The summed E-state index contributed by atoms with van der Waals surface area (Å²) in [6.07, 6.45) is 1.69. The Labute approximate surface area is 117 Å². The van der Waals surface area contributed by atoms with Crippen LogP contribution in [0.4, 0.5) is 5.69 Å². The minimum atomic E-state index is 0.329. The van der Waals surface area contributed by atoms with Crippen LogP contribution in [0.15, 0.2) is 35.8 Å². The summed E-state index contributed by atoms with van der Waals surface area (Å²) in [5.41, 5.74) is 1.37. The molecule has 1 N–H and O–H groups in total. The number of nitrogens with one attached hydrogen (secondary N) is 1. The molecule has 2 aromatic heterocycles. The van der Waals surface area contributed by atoms with E-state index >= 15 is 0 Å². The largest absolute Gasteiger partial charge is 0.382 e. The summed E-state index contributed by atoms with van der Waals surface area (Å²) in [7, 11) is 4.15. The highest BCUT2D eigenvalue weighted by atomic mass is 32.1. The van der Waals surface area contributed by atoms with E-state index in [-0.39, 0.29) is 0 Å². The predicted octanol–water partition coefficient (Wildman–Crippen LogP) is 2.73. The summed E-state index contributed by atoms with van der Waals surface area (Å²) in [6.45, 7) is 0.807. The van der Waals surface area contributed by atoms with Gasteiger partial charge in [-0.15, -0.1) is 11.3 Å². The Hall–Kier alpha value is -1.90. The topological polar surface area (TPSA) is 52.0 Å². The molecule has 0 aliphatic rings. The second kappa shape index (κ2) is 6.32. The van der Waals surface area contributed by atoms with Crippen molar-refractivity contribution in [1.29, 1.82) is 5.26 Å². The molecular weight excluding hydrogens is 256 g/mol. The first-order chi connectivity index (χ1) is 9.20. The van der Waals surface area contributed by atoms with Crippen molar-refractivity contribution in [3.05, 3.63) is 46.4 Å². The lowest BCUT2D eigenvalue weighted by Crippen LogP contribution is -2.26. The van der Waals surface area contributed by atoms with Crippen LogP contribution in [0, 0.1) is 11.3 Å². The lowest BCUT2D eigenvalue weighted by molar-refractivity contribution is 0.316. The van der Waals surface area contributed by atoms with Gasteiger partial charge in [0.1, 0.15) is 11.8 Å². The maximum absolute atomic E-state index is 8.71. The lowest BCUT2D eigenvalue weighted by Gasteiger charge is -2.24. The number of aromatic nitrogens is 1. The summed E-state index contributed by atoms with van der Waals surface area (Å²) in [6, 6.07) is 10.2. The monoisotopic (exact) mass is 272 g/mol. The highest BCUT2D eigenvalue weighted by Crippen LogP contribution is 2.23. The van der Waals surface area contributed by atoms with Gasteiger partial charge in [-0.05, 0) is 37.7 Å². The molecule has 4 nitrogen and oxygen atoms in total. The van der Waals surface area contributed by atoms with Gasteiger partial charge in [0.15, 0.2) is 0 Å². The van der Waals surface area contributed by atoms with Gasteiger partial charge in [-0.25, -0.2) is 4.98 Å². The molecule has 1 atom stereocenters. The Balaban J connectivity index is 2.01. The van der Waals surface area contributed by atoms with Crippen molar-refractivity contribution in [3.8, 4) is 6.07 Å². The molecule has 19 heavy (non-hydrogen) atoms. The molecule has 1 unspecified atom stereocenters. The fraction of sp³-hybridized carbons (Fsp3) is 0.286. The van der Waals surface area contributed by atoms with Crippen LogP contribution in [0.25, 0.3) is 0 Å². The fourth-order valence-electron chi connectivity index (χ4n) is 1.80. The van der Waals surface area contributed by atoms with Crippen molar-refractivity contribution in [1.82, 2.24) is 9.88 Å². The Bertz CT molecular complexity index is 540. The highest BCUT2D eigenvalue weighted by molar-refractivity contribution is 7.10. The van der Waals surface area contributed by atoms with Crippen LogP contribution < -0.4 is 5.32 Å². The average Bonchev–Trinajstić information content (AvgIpc) is 2.93. The summed E-state index contributed by atoms with van der Waals surface area (Å²) < 4.78 is 0. The minimum Gasteiger partial charge on any atom is -0.382 e. The highest BCUT2D eigenvalue weighted by Gasteiger charge is 2.14. The molecule has 98 valence electrons. The van der Waals surface area contributed by atoms with E-state index in [4.69, 9.17) is 5.26 Å². The van der Waals surface area contributed by atoms with Gasteiger partial charge in [-0.3, -0.25) is 0 Å². The zero-order chi connectivity index (χ0) is 13.7. The van der Waals surface area contributed by atoms with Crippen LogP contribution in [0.5, 0.6) is 0 Å². The molecule has 0 bridgehead atoms. The van der Waals surface area contributed by atoms with Gasteiger partial charge in [0.05, 0.1) is 17.9 Å². The smallest absolute Gasteiger partial charge is 0.140 e. The molecule has 0 saturated heterocycles. The van der Waals surface area contributed by atoms with Crippen LogP contribution in [0.3, 0.4) is 0 Å². The summed E-state index contributed by atoms with van der Waals surface area (Å²) in [4.78, 5) is 7.57. The standard InChI is InChI=1S/C14H16N4S/c1-18(2)13(14-4-3-7-19-14)10-17-12-6-5-11(8-15)16-9-12/h3-7,9,13,17H,10H2,1-2H3. The van der Waals surface area contributed by atoms with E-state index in [1.807, 2.05) is 12.1 Å². The third-order valence-electron chi connectivity index (χ3n) is 2.87. The summed E-state index contributed by atoms with van der Waals surface area (Å²) in [5.74, 6) is 0. The number of likely N-dealkylation sites (N-methyl/N-ethyl adjacent to an activating group) is 1. The van der Waals surface area contributed by atoms with Crippen LogP contribution in [0.1, 0.15) is 16.6 Å². The van der Waals surface area contributed by atoms with Gasteiger partial charge in [-0.1, -0.05) is 6.07 Å². The third-order valence-corrected chi connectivity index (χ3v) is 3.85. The number of thiophene rings is 1. The van der Waals surface area contributed by atoms with E-state index in [9.17, 15) is 0 Å². The molecule has 0 spiro atoms. The molecule has 0 aromatic carbocycles. The van der Waals surface area contributed by atoms with Crippen LogP contribution in [0.2, 0.25) is 0 Å². The molecular formula is C14H16N4S. The van der Waals surface area contributed by atoms with E-state index in [2.05, 4.69) is 46.8 Å². The van der Waals surface area contributed by atoms with Crippen molar-refractivity contribution in [2.24, 2.45) is 0 Å². The second-order valence-electron chi connectivity index (χ2n) is 4.42. The fourth-order valence-corrected chi connectivity index (χ4v) is 2.72. The van der Waals surface area contributed by atoms with E-state index in [1.54, 1.807) is 23.6 Å². The van der Waals surface area contributed by atoms with E-state index in [1.165, 1.54) is 4.88 Å². The first-order valence-electron chi connectivity index (χ1n) is 6.00. The van der Waals surface area contributed by atoms with Crippen LogP contribution >= 0.6 is 11.3 Å². The van der Waals surface area contributed by atoms with Gasteiger partial charge in [-0.2, -0.15) is 5.26 Å². The first kappa shape index (κ1) is 13.5. The number of pyridine rings is 1. The molecule has 5 heteroatoms. The minimum absolute atomic E-state index is 0.329. The molecule has 0 aliphatic carbocycles. The number of rotatable bonds is 5. The van der Waals surface area contributed by atoms with Crippen molar-refractivity contribution < 1.29 is 0 Å². The second-order valence-corrected chi connectivity index (χ2v) is 5.40. The Morgan fingerprint density at radius 2 is 2.26 bits per heavy atom. The lowest BCUT2D eigenvalue weighted by atomic mass is 10.2. The quantitative estimate of drug-likeness (QED) is 0.909. The molecule has 2 rings (SSSR count). The maximum atomic E-state index is 8.71. The molecule has 0 amide bonds. The van der Waals surface area contributed by atoms with E-state index in [0.29, 0.717) is 11.7 Å². The Morgan fingerprint density at radius 1 is 1.42 bits per heavy atom. The van der Waals surface area contributed by atoms with Crippen molar-refractivity contribution in [3.63, 3.8) is 0 Å². The van der Waals surface area contributed by atoms with Crippen molar-refractivity contribution in [2.45, 2.75) is 6.04 Å². The molecule has 0 fully saturated rings. The van der Waals surface area contributed by atoms with Gasteiger partial charge in [0.25, 0.3) is 0 Å². The van der Waals surface area contributed by atoms with E-state index < -0.39 is 0 Å². The molecule has 2 aromatic rings. The number of hydrogen-bond acceptors (Lipinski definition) is 5. The number of anilines is 1. The zero-order valence-corrected chi connectivity index (χ0v) is 11.8. The predicted molar refractivity (Wildman–Crippen MR) is 78.2 cm³/mol. The summed E-state index contributed by atoms with van der Waals surface area (Å²) in [5, 5.41) is 14.2. The SMILES string of the molecule is CN(C)C(CNc1ccc(C#N)nc1)c1cccs1.